The van der Waals surface area contributed by atoms with Crippen LogP contribution in [0.4, 0.5) is 0 Å². The maximum Gasteiger partial charge on any atom is 0.338 e. The van der Waals surface area contributed by atoms with Gasteiger partial charge in [0.15, 0.2) is 0 Å². The molecule has 0 amide bonds. The number of carbonyl (C=O) groups excluding carboxylic acids is 2. The highest BCUT2D eigenvalue weighted by atomic mass is 16.6. The first-order valence-electron chi connectivity index (χ1n) is 10.8. The summed E-state index contributed by atoms with van der Waals surface area (Å²) in [5, 5.41) is 0. The van der Waals surface area contributed by atoms with E-state index in [1.54, 1.807) is 48.5 Å². The number of benzene rings is 3. The Labute approximate surface area is 200 Å². The van der Waals surface area contributed by atoms with Crippen molar-refractivity contribution in [3.63, 3.8) is 0 Å². The molecule has 3 rings (SSSR count). The van der Waals surface area contributed by atoms with Crippen molar-refractivity contribution < 1.29 is 19.1 Å². The first-order chi connectivity index (χ1) is 16.1. The van der Waals surface area contributed by atoms with Crippen LogP contribution in [0.1, 0.15) is 70.7 Å². The third-order valence-electron chi connectivity index (χ3n) is 5.55. The summed E-state index contributed by atoms with van der Waals surface area (Å²) in [5.74, 6) is 4.16. The highest BCUT2D eigenvalue weighted by Gasteiger charge is 2.29. The van der Waals surface area contributed by atoms with E-state index in [1.807, 2.05) is 52.0 Å². The molecule has 0 unspecified atom stereocenters. The zero-order valence-electron chi connectivity index (χ0n) is 19.7. The lowest BCUT2D eigenvalue weighted by atomic mass is 9.92. The predicted molar refractivity (Wildman–Crippen MR) is 132 cm³/mol. The van der Waals surface area contributed by atoms with Crippen LogP contribution >= 0.6 is 0 Å². The quantitative estimate of drug-likeness (QED) is 0.350. The smallest absolute Gasteiger partial charge is 0.338 e. The summed E-state index contributed by atoms with van der Waals surface area (Å²) in [6, 6.07) is 20.8. The van der Waals surface area contributed by atoms with Crippen molar-refractivity contribution in [1.29, 1.82) is 0 Å². The van der Waals surface area contributed by atoms with E-state index in [4.69, 9.17) is 22.3 Å². The van der Waals surface area contributed by atoms with Crippen molar-refractivity contribution in [2.24, 2.45) is 0 Å². The van der Waals surface area contributed by atoms with Gasteiger partial charge in [0.25, 0.3) is 0 Å². The first kappa shape index (κ1) is 24.4. The third kappa shape index (κ3) is 5.55. The molecule has 0 aliphatic heterocycles. The van der Waals surface area contributed by atoms with Gasteiger partial charge in [0.05, 0.1) is 11.1 Å². The molecule has 0 heterocycles. The van der Waals surface area contributed by atoms with Gasteiger partial charge in [0.1, 0.15) is 11.2 Å². The van der Waals surface area contributed by atoms with Crippen LogP contribution in [0.25, 0.3) is 0 Å². The number of ether oxygens (including phenoxy) is 2. The van der Waals surface area contributed by atoms with Gasteiger partial charge < -0.3 is 9.47 Å². The monoisotopic (exact) mass is 450 g/mol. The zero-order chi connectivity index (χ0) is 24.9. The van der Waals surface area contributed by atoms with Crippen LogP contribution in [0.3, 0.4) is 0 Å². The fourth-order valence-corrected chi connectivity index (χ4v) is 3.38. The Morgan fingerprint density at radius 1 is 0.588 bits per heavy atom. The Hall–Kier alpha value is -4.28. The van der Waals surface area contributed by atoms with Gasteiger partial charge >= 0.3 is 11.9 Å². The van der Waals surface area contributed by atoms with Crippen LogP contribution in [0.15, 0.2) is 72.8 Å². The molecule has 0 N–H and O–H groups in total. The number of terminal acetylenes is 2. The molecule has 4 heteroatoms. The van der Waals surface area contributed by atoms with Crippen molar-refractivity contribution in [2.45, 2.75) is 38.9 Å². The summed E-state index contributed by atoms with van der Waals surface area (Å²) in [6.45, 7) is 7.28. The van der Waals surface area contributed by atoms with Gasteiger partial charge in [-0.05, 0) is 87.4 Å². The Bertz CT molecular complexity index is 1160. The van der Waals surface area contributed by atoms with Crippen LogP contribution in [-0.4, -0.2) is 11.9 Å². The molecule has 0 aliphatic rings. The fourth-order valence-electron chi connectivity index (χ4n) is 3.38. The van der Waals surface area contributed by atoms with Crippen molar-refractivity contribution >= 4 is 11.9 Å². The Morgan fingerprint density at radius 2 is 0.882 bits per heavy atom. The molecule has 4 nitrogen and oxygen atoms in total. The summed E-state index contributed by atoms with van der Waals surface area (Å²) in [5.41, 5.74) is 2.09. The standard InChI is InChI=1S/C30H26O4/c1-7-21-9-13-23(14-10-21)27(31)33-29(3,4)25-17-19-26(20-18-25)30(5,6)34-28(32)24-15-11-22(8-2)12-16-24/h1-2,9-20H,3-6H3. The van der Waals surface area contributed by atoms with Gasteiger partial charge in [-0.15, -0.1) is 12.8 Å². The van der Waals surface area contributed by atoms with E-state index in [-0.39, 0.29) is 0 Å². The minimum absolute atomic E-state index is 0.423. The fraction of sp³-hybridized carbons (Fsp3) is 0.200. The van der Waals surface area contributed by atoms with E-state index in [9.17, 15) is 9.59 Å². The second-order valence-electron chi connectivity index (χ2n) is 8.82. The average Bonchev–Trinajstić information content (AvgIpc) is 2.83. The Balaban J connectivity index is 1.71. The van der Waals surface area contributed by atoms with E-state index < -0.39 is 23.1 Å². The number of hydrogen-bond acceptors (Lipinski definition) is 4. The van der Waals surface area contributed by atoms with Crippen molar-refractivity contribution in [2.75, 3.05) is 0 Å². The Kier molecular flexibility index (Phi) is 6.94. The maximum atomic E-state index is 12.6. The molecule has 0 radical (unpaired) electrons. The largest absolute Gasteiger partial charge is 0.451 e. The van der Waals surface area contributed by atoms with E-state index in [0.717, 1.165) is 11.1 Å². The molecule has 3 aromatic rings. The van der Waals surface area contributed by atoms with Crippen molar-refractivity contribution in [3.8, 4) is 24.7 Å². The highest BCUT2D eigenvalue weighted by molar-refractivity contribution is 5.90. The molecular weight excluding hydrogens is 424 g/mol. The van der Waals surface area contributed by atoms with Gasteiger partial charge in [0.2, 0.25) is 0 Å². The summed E-state index contributed by atoms with van der Waals surface area (Å²) < 4.78 is 11.5. The molecule has 0 fully saturated rings. The zero-order valence-corrected chi connectivity index (χ0v) is 19.7. The summed E-state index contributed by atoms with van der Waals surface area (Å²) >= 11 is 0. The van der Waals surface area contributed by atoms with Gasteiger partial charge in [-0.25, -0.2) is 9.59 Å². The van der Waals surface area contributed by atoms with E-state index in [0.29, 0.717) is 22.3 Å². The Morgan fingerprint density at radius 3 is 1.15 bits per heavy atom. The van der Waals surface area contributed by atoms with Crippen LogP contribution in [-0.2, 0) is 20.7 Å². The second-order valence-corrected chi connectivity index (χ2v) is 8.82. The molecule has 0 saturated carbocycles. The number of rotatable bonds is 6. The lowest BCUT2D eigenvalue weighted by molar-refractivity contribution is -0.00565. The molecule has 3 aromatic carbocycles. The van der Waals surface area contributed by atoms with Crippen molar-refractivity contribution in [3.05, 3.63) is 106 Å². The van der Waals surface area contributed by atoms with Crippen LogP contribution in [0.5, 0.6) is 0 Å². The molecule has 0 saturated heterocycles. The topological polar surface area (TPSA) is 52.6 Å². The molecule has 0 atom stereocenters. The predicted octanol–water partition coefficient (Wildman–Crippen LogP) is 5.83. The lowest BCUT2D eigenvalue weighted by Crippen LogP contribution is -2.27. The highest BCUT2D eigenvalue weighted by Crippen LogP contribution is 2.31. The van der Waals surface area contributed by atoms with Gasteiger partial charge in [-0.1, -0.05) is 36.1 Å². The SMILES string of the molecule is C#Cc1ccc(C(=O)OC(C)(C)c2ccc(C(C)(C)OC(=O)c3ccc(C#C)cc3)cc2)cc1. The van der Waals surface area contributed by atoms with E-state index in [2.05, 4.69) is 11.8 Å². The van der Waals surface area contributed by atoms with Gasteiger partial charge in [-0.3, -0.25) is 0 Å². The second kappa shape index (κ2) is 9.69. The summed E-state index contributed by atoms with van der Waals surface area (Å²) in [6.07, 6.45) is 10.7. The van der Waals surface area contributed by atoms with Gasteiger partial charge in [0, 0.05) is 11.1 Å². The van der Waals surface area contributed by atoms with E-state index in [1.165, 1.54) is 0 Å². The molecule has 0 spiro atoms. The van der Waals surface area contributed by atoms with Gasteiger partial charge in [-0.2, -0.15) is 0 Å². The normalized spacial score (nSPS) is 11.1. The number of esters is 2. The van der Waals surface area contributed by atoms with Crippen molar-refractivity contribution in [1.82, 2.24) is 0 Å². The number of carbonyl (C=O) groups is 2. The first-order valence-corrected chi connectivity index (χ1v) is 10.8. The molecule has 170 valence electrons. The maximum absolute atomic E-state index is 12.6. The van der Waals surface area contributed by atoms with E-state index >= 15 is 0 Å². The molecule has 0 bridgehead atoms. The summed E-state index contributed by atoms with van der Waals surface area (Å²) in [7, 11) is 0. The third-order valence-corrected chi connectivity index (χ3v) is 5.55. The van der Waals surface area contributed by atoms with Crippen LogP contribution < -0.4 is 0 Å². The number of hydrogen-bond donors (Lipinski definition) is 0. The molecule has 0 aromatic heterocycles. The molecule has 0 aliphatic carbocycles. The summed E-state index contributed by atoms with van der Waals surface area (Å²) in [4.78, 5) is 25.2. The van der Waals surface area contributed by atoms with Crippen LogP contribution in [0, 0.1) is 24.7 Å². The minimum Gasteiger partial charge on any atom is -0.451 e. The minimum atomic E-state index is -0.875. The van der Waals surface area contributed by atoms with Crippen LogP contribution in [0.2, 0.25) is 0 Å². The lowest BCUT2D eigenvalue weighted by Gasteiger charge is -2.29. The average molecular weight is 451 g/mol. The molecular formula is C30H26O4. The molecule has 34 heavy (non-hydrogen) atoms.